The van der Waals surface area contributed by atoms with Crippen LogP contribution in [0, 0.1) is 23.7 Å². The molecule has 0 saturated carbocycles. The van der Waals surface area contributed by atoms with Crippen LogP contribution in [0.25, 0.3) is 0 Å². The van der Waals surface area contributed by atoms with Gasteiger partial charge in [-0.25, -0.2) is 24.6 Å². The number of hydrogen-bond acceptors (Lipinski definition) is 7. The fourth-order valence-electron chi connectivity index (χ4n) is 4.64. The van der Waals surface area contributed by atoms with E-state index in [1.165, 1.54) is 0 Å². The molecule has 2 unspecified atom stereocenters. The van der Waals surface area contributed by atoms with Crippen LogP contribution < -0.4 is 16.7 Å². The molecule has 0 spiro atoms. The van der Waals surface area contributed by atoms with Crippen molar-refractivity contribution in [2.24, 2.45) is 29.5 Å². The first-order valence-electron chi connectivity index (χ1n) is 11.7. The number of hydrazine groups is 1. The van der Waals surface area contributed by atoms with E-state index in [0.717, 1.165) is 24.7 Å². The predicted octanol–water partition coefficient (Wildman–Crippen LogP) is 2.62. The summed E-state index contributed by atoms with van der Waals surface area (Å²) in [5.74, 6) is 1.90. The third-order valence-corrected chi connectivity index (χ3v) is 7.71. The molecule has 192 valence electrons. The van der Waals surface area contributed by atoms with Gasteiger partial charge in [0.05, 0.1) is 11.8 Å². The van der Waals surface area contributed by atoms with Gasteiger partial charge in [-0.3, -0.25) is 15.0 Å². The molecule has 1 heterocycles. The summed E-state index contributed by atoms with van der Waals surface area (Å²) in [7, 11) is -3.87. The Bertz CT molecular complexity index is 786. The average molecular weight is 490 g/mol. The van der Waals surface area contributed by atoms with Crippen LogP contribution in [0.2, 0.25) is 0 Å². The molecular weight excluding hydrogens is 446 g/mol. The zero-order chi connectivity index (χ0) is 25.4. The number of amides is 2. The lowest BCUT2D eigenvalue weighted by Gasteiger charge is -2.41. The monoisotopic (exact) mass is 489 g/mol. The lowest BCUT2D eigenvalue weighted by molar-refractivity contribution is -0.203. The lowest BCUT2D eigenvalue weighted by atomic mass is 9.72. The number of sulfone groups is 1. The highest BCUT2D eigenvalue weighted by Crippen LogP contribution is 2.42. The van der Waals surface area contributed by atoms with E-state index in [2.05, 4.69) is 10.9 Å². The number of rotatable bonds is 12. The van der Waals surface area contributed by atoms with Gasteiger partial charge in [-0.1, -0.05) is 39.3 Å². The third kappa shape index (κ3) is 8.35. The summed E-state index contributed by atoms with van der Waals surface area (Å²) in [6.07, 6.45) is 4.96. The molecular formula is C23H43N3O6S. The van der Waals surface area contributed by atoms with Crippen molar-refractivity contribution in [1.82, 2.24) is 10.9 Å². The minimum absolute atomic E-state index is 0.00760. The van der Waals surface area contributed by atoms with Gasteiger partial charge in [0.15, 0.2) is 16.1 Å². The van der Waals surface area contributed by atoms with E-state index in [1.54, 1.807) is 19.9 Å². The molecule has 0 radical (unpaired) electrons. The van der Waals surface area contributed by atoms with Gasteiger partial charge in [0.25, 0.3) is 0 Å². The Morgan fingerprint density at radius 1 is 1.15 bits per heavy atom. The van der Waals surface area contributed by atoms with Crippen molar-refractivity contribution in [2.45, 2.75) is 84.7 Å². The maximum absolute atomic E-state index is 13.7. The molecule has 10 heteroatoms. The Labute approximate surface area is 199 Å². The van der Waals surface area contributed by atoms with Gasteiger partial charge in [-0.05, 0) is 51.4 Å². The second kappa shape index (κ2) is 12.8. The van der Waals surface area contributed by atoms with Crippen molar-refractivity contribution < 1.29 is 27.6 Å². The Balaban J connectivity index is 3.65. The molecule has 0 bridgehead atoms. The second-order valence-corrected chi connectivity index (χ2v) is 12.5. The van der Waals surface area contributed by atoms with Crippen molar-refractivity contribution >= 4 is 21.7 Å². The molecule has 1 aliphatic heterocycles. The molecule has 9 nitrogen and oxygen atoms in total. The quantitative estimate of drug-likeness (QED) is 0.166. The summed E-state index contributed by atoms with van der Waals surface area (Å²) < 4.78 is 30.7. The van der Waals surface area contributed by atoms with Crippen LogP contribution in [-0.2, 0) is 29.0 Å². The lowest BCUT2D eigenvalue weighted by Crippen LogP contribution is -2.58. The minimum atomic E-state index is -3.87. The van der Waals surface area contributed by atoms with Crippen LogP contribution in [0.5, 0.6) is 0 Å². The number of hydroxylamine groups is 1. The van der Waals surface area contributed by atoms with Gasteiger partial charge in [-0.2, -0.15) is 0 Å². The first-order chi connectivity index (χ1) is 15.2. The number of hydrogen-bond donors (Lipinski definition) is 3. The summed E-state index contributed by atoms with van der Waals surface area (Å²) in [6.45, 7) is 11.7. The summed E-state index contributed by atoms with van der Waals surface area (Å²) >= 11 is 0. The minimum Gasteiger partial charge on any atom is -0.350 e. The average Bonchev–Trinajstić information content (AvgIpc) is 2.69. The molecule has 0 aliphatic carbocycles. The van der Waals surface area contributed by atoms with Crippen LogP contribution in [0.15, 0.2) is 11.6 Å². The third-order valence-electron chi connectivity index (χ3n) is 5.80. The van der Waals surface area contributed by atoms with E-state index in [0.29, 0.717) is 13.0 Å². The number of carbonyl (C=O) groups is 2. The van der Waals surface area contributed by atoms with Crippen molar-refractivity contribution in [3.63, 3.8) is 0 Å². The fraction of sp³-hybridized carbons (Fsp3) is 0.826. The Kier molecular flexibility index (Phi) is 11.5. The smallest absolute Gasteiger partial charge is 0.249 e. The highest BCUT2D eigenvalue weighted by atomic mass is 32.2. The maximum Gasteiger partial charge on any atom is 0.249 e. The largest absolute Gasteiger partial charge is 0.350 e. The molecule has 0 aromatic carbocycles. The maximum atomic E-state index is 13.7. The SMILES string of the molecule is CC(C)=CC(CC(C)C)([C@H](C(=O)NOC1CCCCO1)[C@@H](CC(C)C)C(=O)NN)S(C)(=O)=O. The molecule has 0 aromatic rings. The number of ether oxygens (including phenoxy) is 1. The van der Waals surface area contributed by atoms with Crippen molar-refractivity contribution in [3.05, 3.63) is 11.6 Å². The van der Waals surface area contributed by atoms with Crippen LogP contribution >= 0.6 is 0 Å². The van der Waals surface area contributed by atoms with Gasteiger partial charge in [0, 0.05) is 19.3 Å². The molecule has 1 saturated heterocycles. The van der Waals surface area contributed by atoms with E-state index < -0.39 is 44.5 Å². The molecule has 4 atom stereocenters. The Morgan fingerprint density at radius 2 is 1.79 bits per heavy atom. The number of nitrogens with two attached hydrogens (primary N) is 1. The van der Waals surface area contributed by atoms with Crippen molar-refractivity contribution in [2.75, 3.05) is 12.9 Å². The summed E-state index contributed by atoms with van der Waals surface area (Å²) in [5, 5.41) is 0. The highest BCUT2D eigenvalue weighted by Gasteiger charge is 2.54. The number of allylic oxidation sites excluding steroid dienone is 1. The second-order valence-electron chi connectivity index (χ2n) is 10.1. The van der Waals surface area contributed by atoms with Crippen molar-refractivity contribution in [3.8, 4) is 0 Å². The van der Waals surface area contributed by atoms with E-state index in [9.17, 15) is 18.0 Å². The van der Waals surface area contributed by atoms with E-state index in [1.807, 2.05) is 27.7 Å². The molecule has 4 N–H and O–H groups in total. The highest BCUT2D eigenvalue weighted by molar-refractivity contribution is 7.92. The summed E-state index contributed by atoms with van der Waals surface area (Å²) in [5.41, 5.74) is 5.30. The zero-order valence-corrected chi connectivity index (χ0v) is 22.0. The predicted molar refractivity (Wildman–Crippen MR) is 128 cm³/mol. The molecule has 1 fully saturated rings. The van der Waals surface area contributed by atoms with E-state index in [4.69, 9.17) is 15.4 Å². The first-order valence-corrected chi connectivity index (χ1v) is 13.6. The number of nitrogens with one attached hydrogen (secondary N) is 2. The van der Waals surface area contributed by atoms with E-state index in [-0.39, 0.29) is 24.7 Å². The van der Waals surface area contributed by atoms with Gasteiger partial charge >= 0.3 is 0 Å². The van der Waals surface area contributed by atoms with Crippen molar-refractivity contribution in [1.29, 1.82) is 0 Å². The van der Waals surface area contributed by atoms with Gasteiger partial charge < -0.3 is 4.74 Å². The molecule has 33 heavy (non-hydrogen) atoms. The first kappa shape index (κ1) is 29.5. The van der Waals surface area contributed by atoms with Crippen LogP contribution in [-0.4, -0.2) is 44.1 Å². The molecule has 1 rings (SSSR count). The van der Waals surface area contributed by atoms with Crippen LogP contribution in [0.1, 0.15) is 73.6 Å². The number of carbonyl (C=O) groups excluding carboxylic acids is 2. The summed E-state index contributed by atoms with van der Waals surface area (Å²) in [6, 6.07) is 0. The van der Waals surface area contributed by atoms with Gasteiger partial charge in [0.2, 0.25) is 11.8 Å². The van der Waals surface area contributed by atoms with Gasteiger partial charge in [0.1, 0.15) is 4.75 Å². The summed E-state index contributed by atoms with van der Waals surface area (Å²) in [4.78, 5) is 32.1. The molecule has 2 amide bonds. The molecule has 1 aliphatic rings. The Hall–Kier alpha value is -1.49. The Morgan fingerprint density at radius 3 is 2.21 bits per heavy atom. The molecule has 0 aromatic heterocycles. The zero-order valence-electron chi connectivity index (χ0n) is 21.1. The van der Waals surface area contributed by atoms with Crippen LogP contribution in [0.4, 0.5) is 0 Å². The van der Waals surface area contributed by atoms with E-state index >= 15 is 0 Å². The normalized spacial score (nSPS) is 20.6. The fourth-order valence-corrected chi connectivity index (χ4v) is 6.46. The van der Waals surface area contributed by atoms with Crippen LogP contribution in [0.3, 0.4) is 0 Å². The standard InChI is InChI=1S/C23H43N3O6S/c1-15(2)12-18(21(27)25-24)20(22(28)26-32-19-10-8-9-11-31-19)23(13-16(3)4,14-17(5)6)33(7,29)30/h13,15,17-20H,8-12,14,24H2,1-7H3,(H,25,27)(H,26,28)/t18-,19?,20+,23?/m1/s1. The topological polar surface area (TPSA) is 137 Å². The van der Waals surface area contributed by atoms with Gasteiger partial charge in [-0.15, -0.1) is 0 Å².